The Labute approximate surface area is 116 Å². The first kappa shape index (κ1) is 17.7. The Morgan fingerprint density at radius 2 is 1.68 bits per heavy atom. The van der Waals surface area contributed by atoms with Gasteiger partial charge in [-0.15, -0.1) is 0 Å². The smallest absolute Gasteiger partial charge is 0.326 e. The molecule has 0 aliphatic rings. The van der Waals surface area contributed by atoms with Crippen molar-refractivity contribution < 1.29 is 14.7 Å². The molecular weight excluding hydrogens is 244 g/mol. The van der Waals surface area contributed by atoms with Crippen molar-refractivity contribution in [3.8, 4) is 0 Å². The van der Waals surface area contributed by atoms with E-state index < -0.39 is 12.0 Å². The van der Waals surface area contributed by atoms with Gasteiger partial charge in [0.1, 0.15) is 6.04 Å². The molecule has 112 valence electrons. The molecule has 1 unspecified atom stereocenters. The van der Waals surface area contributed by atoms with Gasteiger partial charge < -0.3 is 15.7 Å². The van der Waals surface area contributed by atoms with E-state index in [0.29, 0.717) is 6.42 Å². The van der Waals surface area contributed by atoms with Crippen molar-refractivity contribution in [2.75, 3.05) is 0 Å². The molecule has 0 aromatic rings. The number of urea groups is 1. The molecule has 2 amide bonds. The van der Waals surface area contributed by atoms with Gasteiger partial charge in [0.25, 0.3) is 0 Å². The normalized spacial score (nSPS) is 13.6. The van der Waals surface area contributed by atoms with Crippen LogP contribution < -0.4 is 10.6 Å². The van der Waals surface area contributed by atoms with Gasteiger partial charge in [0.15, 0.2) is 0 Å². The van der Waals surface area contributed by atoms with Crippen LogP contribution in [-0.2, 0) is 4.79 Å². The Balaban J connectivity index is 3.90. The second-order valence-corrected chi connectivity index (χ2v) is 5.05. The molecule has 0 saturated carbocycles. The van der Waals surface area contributed by atoms with Gasteiger partial charge in [0, 0.05) is 6.04 Å². The van der Waals surface area contributed by atoms with Crippen molar-refractivity contribution >= 4 is 12.0 Å². The highest BCUT2D eigenvalue weighted by Crippen LogP contribution is 2.05. The highest BCUT2D eigenvalue weighted by Gasteiger charge is 2.19. The lowest BCUT2D eigenvalue weighted by molar-refractivity contribution is -0.139. The summed E-state index contributed by atoms with van der Waals surface area (Å²) in [5.74, 6) is -0.979. The van der Waals surface area contributed by atoms with Crippen molar-refractivity contribution in [2.45, 2.75) is 77.8 Å². The lowest BCUT2D eigenvalue weighted by Crippen LogP contribution is -2.48. The Bertz CT molecular complexity index is 269. The van der Waals surface area contributed by atoms with E-state index >= 15 is 0 Å². The van der Waals surface area contributed by atoms with Crippen LogP contribution in [0.15, 0.2) is 0 Å². The van der Waals surface area contributed by atoms with E-state index in [2.05, 4.69) is 17.6 Å². The van der Waals surface area contributed by atoms with Crippen LogP contribution in [0.25, 0.3) is 0 Å². The van der Waals surface area contributed by atoms with Crippen molar-refractivity contribution in [1.29, 1.82) is 0 Å². The number of hydrogen-bond acceptors (Lipinski definition) is 2. The molecule has 0 aromatic heterocycles. The van der Waals surface area contributed by atoms with E-state index in [1.165, 1.54) is 19.3 Å². The standard InChI is InChI=1S/C14H28N2O3/c1-4-6-7-8-10-11(3)15-14(19)16-12(9-5-2)13(17)18/h11-12H,4-10H2,1-3H3,(H,17,18)(H2,15,16,19)/t11?,12-/m1/s1. The van der Waals surface area contributed by atoms with Crippen LogP contribution in [0.2, 0.25) is 0 Å². The van der Waals surface area contributed by atoms with Crippen molar-refractivity contribution in [3.05, 3.63) is 0 Å². The van der Waals surface area contributed by atoms with Gasteiger partial charge in [-0.2, -0.15) is 0 Å². The van der Waals surface area contributed by atoms with Gasteiger partial charge in [-0.1, -0.05) is 46.0 Å². The third-order valence-electron chi connectivity index (χ3n) is 3.05. The lowest BCUT2D eigenvalue weighted by atomic mass is 10.1. The number of carboxylic acids is 1. The van der Waals surface area contributed by atoms with Crippen LogP contribution in [0.4, 0.5) is 4.79 Å². The SMILES string of the molecule is CCCCCCC(C)NC(=O)N[C@H](CCC)C(=O)O. The third-order valence-corrected chi connectivity index (χ3v) is 3.05. The number of carbonyl (C=O) groups is 2. The van der Waals surface area contributed by atoms with Gasteiger partial charge in [0.2, 0.25) is 0 Å². The fourth-order valence-electron chi connectivity index (χ4n) is 1.92. The molecule has 5 heteroatoms. The predicted molar refractivity (Wildman–Crippen MR) is 76.2 cm³/mol. The summed E-state index contributed by atoms with van der Waals surface area (Å²) in [5.41, 5.74) is 0. The molecule has 0 heterocycles. The minimum Gasteiger partial charge on any atom is -0.480 e. The van der Waals surface area contributed by atoms with Crippen LogP contribution in [0, 0.1) is 0 Å². The Morgan fingerprint density at radius 1 is 1.00 bits per heavy atom. The summed E-state index contributed by atoms with van der Waals surface area (Å²) < 4.78 is 0. The molecule has 19 heavy (non-hydrogen) atoms. The lowest BCUT2D eigenvalue weighted by Gasteiger charge is -2.18. The fourth-order valence-corrected chi connectivity index (χ4v) is 1.92. The maximum atomic E-state index is 11.6. The number of rotatable bonds is 10. The Kier molecular flexibility index (Phi) is 9.94. The minimum atomic E-state index is -0.979. The molecule has 0 aliphatic heterocycles. The van der Waals surface area contributed by atoms with Crippen LogP contribution in [0.1, 0.15) is 65.7 Å². The molecule has 2 atom stereocenters. The van der Waals surface area contributed by atoms with E-state index in [4.69, 9.17) is 5.11 Å². The monoisotopic (exact) mass is 272 g/mol. The van der Waals surface area contributed by atoms with Gasteiger partial charge in [-0.25, -0.2) is 9.59 Å². The zero-order valence-electron chi connectivity index (χ0n) is 12.4. The number of unbranched alkanes of at least 4 members (excludes halogenated alkanes) is 3. The quantitative estimate of drug-likeness (QED) is 0.535. The molecule has 5 nitrogen and oxygen atoms in total. The fraction of sp³-hybridized carbons (Fsp3) is 0.857. The summed E-state index contributed by atoms with van der Waals surface area (Å²) in [5, 5.41) is 14.2. The Hall–Kier alpha value is -1.26. The summed E-state index contributed by atoms with van der Waals surface area (Å²) >= 11 is 0. The Morgan fingerprint density at radius 3 is 2.21 bits per heavy atom. The summed E-state index contributed by atoms with van der Waals surface area (Å²) in [6.07, 6.45) is 6.79. The zero-order chi connectivity index (χ0) is 14.7. The average Bonchev–Trinajstić information content (AvgIpc) is 2.34. The topological polar surface area (TPSA) is 78.4 Å². The minimum absolute atomic E-state index is 0.0768. The average molecular weight is 272 g/mol. The first-order valence-corrected chi connectivity index (χ1v) is 7.31. The van der Waals surface area contributed by atoms with E-state index in [-0.39, 0.29) is 12.1 Å². The maximum Gasteiger partial charge on any atom is 0.326 e. The number of carbonyl (C=O) groups excluding carboxylic acids is 1. The zero-order valence-corrected chi connectivity index (χ0v) is 12.4. The summed E-state index contributed by atoms with van der Waals surface area (Å²) in [6.45, 7) is 6.00. The number of carboxylic acid groups (broad SMARTS) is 1. The summed E-state index contributed by atoms with van der Waals surface area (Å²) in [4.78, 5) is 22.6. The number of hydrogen-bond donors (Lipinski definition) is 3. The first-order chi connectivity index (χ1) is 9.01. The van der Waals surface area contributed by atoms with Gasteiger partial charge in [-0.05, 0) is 19.8 Å². The molecule has 0 rings (SSSR count). The number of nitrogens with one attached hydrogen (secondary N) is 2. The molecule has 0 spiro atoms. The molecule has 0 saturated heterocycles. The molecule has 3 N–H and O–H groups in total. The van der Waals surface area contributed by atoms with E-state index in [1.54, 1.807) is 0 Å². The summed E-state index contributed by atoms with van der Waals surface area (Å²) in [6, 6.07) is -1.10. The van der Waals surface area contributed by atoms with Crippen LogP contribution in [-0.4, -0.2) is 29.2 Å². The largest absolute Gasteiger partial charge is 0.480 e. The predicted octanol–water partition coefficient (Wildman–Crippen LogP) is 2.90. The van der Waals surface area contributed by atoms with Crippen LogP contribution >= 0.6 is 0 Å². The highest BCUT2D eigenvalue weighted by atomic mass is 16.4. The van der Waals surface area contributed by atoms with Crippen LogP contribution in [0.5, 0.6) is 0 Å². The van der Waals surface area contributed by atoms with E-state index in [1.807, 2.05) is 13.8 Å². The van der Waals surface area contributed by atoms with Crippen LogP contribution in [0.3, 0.4) is 0 Å². The third kappa shape index (κ3) is 9.33. The molecule has 0 fully saturated rings. The van der Waals surface area contributed by atoms with Crippen molar-refractivity contribution in [3.63, 3.8) is 0 Å². The second kappa shape index (κ2) is 10.6. The molecule has 0 aromatic carbocycles. The van der Waals surface area contributed by atoms with E-state index in [0.717, 1.165) is 19.3 Å². The molecular formula is C14H28N2O3. The van der Waals surface area contributed by atoms with Gasteiger partial charge in [-0.3, -0.25) is 0 Å². The van der Waals surface area contributed by atoms with Gasteiger partial charge in [0.05, 0.1) is 0 Å². The van der Waals surface area contributed by atoms with E-state index in [9.17, 15) is 9.59 Å². The summed E-state index contributed by atoms with van der Waals surface area (Å²) in [7, 11) is 0. The molecule has 0 radical (unpaired) electrons. The van der Waals surface area contributed by atoms with Crippen molar-refractivity contribution in [2.24, 2.45) is 0 Å². The van der Waals surface area contributed by atoms with Crippen molar-refractivity contribution in [1.82, 2.24) is 10.6 Å². The maximum absolute atomic E-state index is 11.6. The van der Waals surface area contributed by atoms with Gasteiger partial charge >= 0.3 is 12.0 Å². The highest BCUT2D eigenvalue weighted by molar-refractivity contribution is 5.82. The molecule has 0 aliphatic carbocycles. The molecule has 0 bridgehead atoms. The number of amides is 2. The number of aliphatic carboxylic acids is 1. The first-order valence-electron chi connectivity index (χ1n) is 7.31. The second-order valence-electron chi connectivity index (χ2n) is 5.05.